The van der Waals surface area contributed by atoms with Crippen molar-refractivity contribution in [2.24, 2.45) is 0 Å². The van der Waals surface area contributed by atoms with Crippen molar-refractivity contribution in [1.29, 1.82) is 0 Å². The molecule has 178 valence electrons. The topological polar surface area (TPSA) is 35.5 Å². The third kappa shape index (κ3) is 6.40. The van der Waals surface area contributed by atoms with Crippen LogP contribution in [0.2, 0.25) is 33.2 Å². The van der Waals surface area contributed by atoms with Crippen LogP contribution in [0.4, 0.5) is 0 Å². The summed E-state index contributed by atoms with van der Waals surface area (Å²) in [6.45, 7) is 33.8. The normalized spacial score (nSPS) is 14.6. The van der Waals surface area contributed by atoms with E-state index in [1.54, 1.807) is 0 Å². The average molecular weight is 457 g/mol. The molecule has 0 fully saturated rings. The predicted molar refractivity (Wildman–Crippen MR) is 137 cm³/mol. The summed E-state index contributed by atoms with van der Waals surface area (Å²) in [5.74, 6) is 0.0448. The highest BCUT2D eigenvalue weighted by molar-refractivity contribution is 6.78. The summed E-state index contributed by atoms with van der Waals surface area (Å²) in [6.07, 6.45) is 0.159. The monoisotopic (exact) mass is 456 g/mol. The first-order valence-electron chi connectivity index (χ1n) is 12.1. The van der Waals surface area contributed by atoms with Gasteiger partial charge in [-0.3, -0.25) is 4.79 Å². The molecule has 0 aliphatic rings. The molecule has 5 heteroatoms. The Morgan fingerprint density at radius 2 is 1.00 bits per heavy atom. The lowest BCUT2D eigenvalue weighted by Crippen LogP contribution is -2.51. The van der Waals surface area contributed by atoms with E-state index in [9.17, 15) is 4.79 Å². The van der Waals surface area contributed by atoms with E-state index in [-0.39, 0.29) is 5.78 Å². The van der Waals surface area contributed by atoms with Gasteiger partial charge in [0.05, 0.1) is 0 Å². The van der Waals surface area contributed by atoms with E-state index < -0.39 is 22.7 Å². The number of hydrogen-bond acceptors (Lipinski definition) is 3. The molecule has 0 aromatic carbocycles. The third-order valence-corrected chi connectivity index (χ3v) is 19.6. The molecule has 30 heavy (non-hydrogen) atoms. The molecule has 0 N–H and O–H groups in total. The van der Waals surface area contributed by atoms with Gasteiger partial charge in [0.2, 0.25) is 8.32 Å². The predicted octanol–water partition coefficient (Wildman–Crippen LogP) is 8.27. The molecule has 0 aromatic rings. The van der Waals surface area contributed by atoms with Crippen LogP contribution in [-0.4, -0.2) is 35.1 Å². The van der Waals surface area contributed by atoms with Crippen molar-refractivity contribution >= 4 is 22.4 Å². The largest absolute Gasteiger partial charge is 0.416 e. The lowest BCUT2D eigenvalue weighted by molar-refractivity contribution is -0.122. The lowest BCUT2D eigenvalue weighted by Gasteiger charge is -2.44. The minimum atomic E-state index is -2.09. The molecule has 0 saturated carbocycles. The zero-order chi connectivity index (χ0) is 24.0. The van der Waals surface area contributed by atoms with E-state index in [4.69, 9.17) is 8.85 Å². The molecule has 0 saturated heterocycles. The molecule has 0 spiro atoms. The summed E-state index contributed by atoms with van der Waals surface area (Å²) < 4.78 is 13.3. The zero-order valence-electron chi connectivity index (χ0n) is 22.4. The highest BCUT2D eigenvalue weighted by Crippen LogP contribution is 2.44. The van der Waals surface area contributed by atoms with Crippen LogP contribution in [0.15, 0.2) is 12.2 Å². The van der Waals surface area contributed by atoms with Gasteiger partial charge in [0.1, 0.15) is 6.10 Å². The van der Waals surface area contributed by atoms with Gasteiger partial charge in [-0.05, 0) is 52.2 Å². The van der Waals surface area contributed by atoms with Gasteiger partial charge < -0.3 is 8.85 Å². The highest BCUT2D eigenvalue weighted by Gasteiger charge is 2.47. The van der Waals surface area contributed by atoms with Gasteiger partial charge in [0.25, 0.3) is 0 Å². The zero-order valence-corrected chi connectivity index (χ0v) is 24.4. The van der Waals surface area contributed by atoms with Crippen molar-refractivity contribution in [3.8, 4) is 0 Å². The van der Waals surface area contributed by atoms with Gasteiger partial charge in [-0.15, -0.1) is 0 Å². The number of rotatable bonds is 14. The molecule has 0 aliphatic heterocycles. The van der Waals surface area contributed by atoms with E-state index in [1.165, 1.54) is 0 Å². The Balaban J connectivity index is 5.25. The third-order valence-electron chi connectivity index (χ3n) is 7.27. The molecule has 0 amide bonds. The van der Waals surface area contributed by atoms with Crippen LogP contribution in [0.1, 0.15) is 96.4 Å². The molecular weight excluding hydrogens is 404 g/mol. The van der Waals surface area contributed by atoms with Crippen molar-refractivity contribution in [2.75, 3.05) is 6.61 Å². The van der Waals surface area contributed by atoms with Crippen molar-refractivity contribution in [2.45, 2.75) is 136 Å². The van der Waals surface area contributed by atoms with Gasteiger partial charge in [0.15, 0.2) is 14.1 Å². The lowest BCUT2D eigenvalue weighted by atomic mass is 10.1. The van der Waals surface area contributed by atoms with Gasteiger partial charge in [0, 0.05) is 6.61 Å². The van der Waals surface area contributed by atoms with Crippen LogP contribution in [0, 0.1) is 0 Å². The van der Waals surface area contributed by atoms with E-state index >= 15 is 0 Å². The maximum atomic E-state index is 13.1. The van der Waals surface area contributed by atoms with Gasteiger partial charge in [-0.25, -0.2) is 0 Å². The fourth-order valence-corrected chi connectivity index (χ4v) is 17.0. The first-order valence-corrected chi connectivity index (χ1v) is 16.4. The maximum Gasteiger partial charge on any atom is 0.201 e. The maximum absolute atomic E-state index is 13.1. The number of carbonyl (C=O) groups excluding carboxylic acids is 1. The van der Waals surface area contributed by atoms with Gasteiger partial charge >= 0.3 is 0 Å². The first kappa shape index (κ1) is 29.8. The van der Waals surface area contributed by atoms with Crippen molar-refractivity contribution in [3.05, 3.63) is 12.2 Å². The molecular formula is C25H52O3Si2. The Kier molecular flexibility index (Phi) is 12.0. The first-order chi connectivity index (χ1) is 13.6. The van der Waals surface area contributed by atoms with Gasteiger partial charge in [-0.1, -0.05) is 89.7 Å². The summed E-state index contributed by atoms with van der Waals surface area (Å²) in [4.78, 5) is 13.1. The number of ketones is 1. The molecule has 0 heterocycles. The minimum Gasteiger partial charge on any atom is -0.416 e. The second-order valence-electron chi connectivity index (χ2n) is 11.0. The van der Waals surface area contributed by atoms with E-state index in [0.29, 0.717) is 51.8 Å². The summed E-state index contributed by atoms with van der Waals surface area (Å²) in [7, 11) is -4.01. The summed E-state index contributed by atoms with van der Waals surface area (Å²) in [5, 5.41) is 0. The minimum absolute atomic E-state index is 0.0448. The highest BCUT2D eigenvalue weighted by atomic mass is 28.4. The standard InChI is InChI=1S/C25H52O3Si2/c1-17(2)29(18(3)4,19(5)6)27-16-15-23(13)25(26)24(14)28-30(20(7)8,21(9)10)22(11)12/h17-22,24H,13,15-16H2,1-12,14H3/t24-/m0/s1. The average Bonchev–Trinajstić information content (AvgIpc) is 2.60. The second-order valence-corrected chi connectivity index (χ2v) is 21.8. The molecule has 1 atom stereocenters. The van der Waals surface area contributed by atoms with Crippen LogP contribution in [0.3, 0.4) is 0 Å². The van der Waals surface area contributed by atoms with Crippen LogP contribution in [0.5, 0.6) is 0 Å². The number of hydrogen-bond donors (Lipinski definition) is 0. The van der Waals surface area contributed by atoms with Crippen molar-refractivity contribution in [3.63, 3.8) is 0 Å². The smallest absolute Gasteiger partial charge is 0.201 e. The quantitative estimate of drug-likeness (QED) is 0.195. The summed E-state index contributed by atoms with van der Waals surface area (Å²) in [5.41, 5.74) is 3.63. The van der Waals surface area contributed by atoms with Crippen LogP contribution < -0.4 is 0 Å². The van der Waals surface area contributed by atoms with Crippen LogP contribution in [0.25, 0.3) is 0 Å². The Labute approximate surface area is 190 Å². The molecule has 0 rings (SSSR count). The van der Waals surface area contributed by atoms with E-state index in [0.717, 1.165) is 0 Å². The summed E-state index contributed by atoms with van der Waals surface area (Å²) in [6, 6.07) is 0. The molecule has 0 bridgehead atoms. The van der Waals surface area contributed by atoms with E-state index in [1.807, 2.05) is 6.92 Å². The molecule has 0 unspecified atom stereocenters. The van der Waals surface area contributed by atoms with Crippen LogP contribution >= 0.6 is 0 Å². The Hall–Kier alpha value is -0.236. The fraction of sp³-hybridized carbons (Fsp3) is 0.880. The SMILES string of the molecule is C=C(CCO[Si](C(C)C)(C(C)C)C(C)C)C(=O)[C@H](C)O[Si](C(C)C)(C(C)C)C(C)C. The summed E-state index contributed by atoms with van der Waals surface area (Å²) >= 11 is 0. The van der Waals surface area contributed by atoms with Crippen molar-refractivity contribution < 1.29 is 13.6 Å². The van der Waals surface area contributed by atoms with Crippen molar-refractivity contribution in [1.82, 2.24) is 0 Å². The second kappa shape index (κ2) is 12.1. The fourth-order valence-electron chi connectivity index (χ4n) is 6.03. The molecule has 0 aliphatic carbocycles. The molecule has 3 nitrogen and oxygen atoms in total. The Morgan fingerprint density at radius 3 is 1.30 bits per heavy atom. The Morgan fingerprint density at radius 1 is 0.667 bits per heavy atom. The molecule has 0 radical (unpaired) electrons. The number of Topliss-reactive ketones (excluding diaryl/α,β-unsaturated/α-hetero) is 1. The Bertz CT molecular complexity index is 507. The van der Waals surface area contributed by atoms with Gasteiger partial charge in [-0.2, -0.15) is 0 Å². The van der Waals surface area contributed by atoms with E-state index in [2.05, 4.69) is 89.7 Å². The molecule has 0 aromatic heterocycles. The number of carbonyl (C=O) groups is 1. The van der Waals surface area contributed by atoms with Crippen LogP contribution in [-0.2, 0) is 13.6 Å².